The third-order valence-corrected chi connectivity index (χ3v) is 3.19. The second kappa shape index (κ2) is 4.37. The van der Waals surface area contributed by atoms with Crippen molar-refractivity contribution in [3.63, 3.8) is 0 Å². The molecule has 0 aliphatic carbocycles. The van der Waals surface area contributed by atoms with Crippen LogP contribution < -0.4 is 0 Å². The molecule has 0 bridgehead atoms. The smallest absolute Gasteiger partial charge is 0.148 e. The van der Waals surface area contributed by atoms with Gasteiger partial charge in [0, 0.05) is 5.33 Å². The molecule has 0 unspecified atom stereocenters. The SMILES string of the molecule is Cc1nc(C)n(-c2ccc(CBr)c(C)c2)n1. The molecule has 0 spiro atoms. The van der Waals surface area contributed by atoms with E-state index in [1.165, 1.54) is 11.1 Å². The fourth-order valence-electron chi connectivity index (χ4n) is 1.73. The van der Waals surface area contributed by atoms with Crippen LogP contribution in [0.15, 0.2) is 18.2 Å². The molecule has 0 aliphatic rings. The highest BCUT2D eigenvalue weighted by Gasteiger charge is 2.06. The van der Waals surface area contributed by atoms with Gasteiger partial charge in [0.1, 0.15) is 11.6 Å². The zero-order chi connectivity index (χ0) is 11.7. The molecule has 0 atom stereocenters. The minimum Gasteiger partial charge on any atom is -0.218 e. The lowest BCUT2D eigenvalue weighted by atomic mass is 10.1. The summed E-state index contributed by atoms with van der Waals surface area (Å²) in [6, 6.07) is 6.33. The Labute approximate surface area is 104 Å². The summed E-state index contributed by atoms with van der Waals surface area (Å²) in [6.07, 6.45) is 0. The van der Waals surface area contributed by atoms with E-state index in [2.05, 4.69) is 51.1 Å². The highest BCUT2D eigenvalue weighted by molar-refractivity contribution is 9.08. The maximum Gasteiger partial charge on any atom is 0.148 e. The molecule has 1 aromatic heterocycles. The van der Waals surface area contributed by atoms with Crippen LogP contribution in [0.25, 0.3) is 5.69 Å². The van der Waals surface area contributed by atoms with Gasteiger partial charge in [0.05, 0.1) is 5.69 Å². The molecule has 1 heterocycles. The lowest BCUT2D eigenvalue weighted by Crippen LogP contribution is -2.00. The normalized spacial score (nSPS) is 10.8. The van der Waals surface area contributed by atoms with Crippen molar-refractivity contribution in [2.45, 2.75) is 26.1 Å². The van der Waals surface area contributed by atoms with Crippen LogP contribution in [0, 0.1) is 20.8 Å². The Balaban J connectivity index is 2.49. The van der Waals surface area contributed by atoms with E-state index in [1.54, 1.807) is 0 Å². The molecule has 0 N–H and O–H groups in total. The van der Waals surface area contributed by atoms with E-state index in [1.807, 2.05) is 18.5 Å². The van der Waals surface area contributed by atoms with Crippen LogP contribution in [-0.4, -0.2) is 14.8 Å². The molecule has 2 aromatic rings. The van der Waals surface area contributed by atoms with Gasteiger partial charge in [-0.15, -0.1) is 0 Å². The van der Waals surface area contributed by atoms with E-state index in [0.29, 0.717) is 0 Å². The van der Waals surface area contributed by atoms with Crippen LogP contribution in [0.3, 0.4) is 0 Å². The summed E-state index contributed by atoms with van der Waals surface area (Å²) >= 11 is 3.47. The quantitative estimate of drug-likeness (QED) is 0.791. The molecular weight excluding hydrogens is 266 g/mol. The molecule has 0 aliphatic heterocycles. The van der Waals surface area contributed by atoms with E-state index in [0.717, 1.165) is 22.7 Å². The number of alkyl halides is 1. The van der Waals surface area contributed by atoms with Crippen LogP contribution >= 0.6 is 15.9 Å². The molecule has 0 saturated carbocycles. The van der Waals surface area contributed by atoms with Gasteiger partial charge in [-0.3, -0.25) is 0 Å². The molecule has 4 heteroatoms. The fourth-order valence-corrected chi connectivity index (χ4v) is 2.36. The first kappa shape index (κ1) is 11.3. The minimum absolute atomic E-state index is 0.805. The van der Waals surface area contributed by atoms with Crippen molar-refractivity contribution in [1.82, 2.24) is 14.8 Å². The minimum atomic E-state index is 0.805. The number of hydrogen-bond donors (Lipinski definition) is 0. The van der Waals surface area contributed by atoms with Gasteiger partial charge in [-0.25, -0.2) is 9.67 Å². The van der Waals surface area contributed by atoms with Gasteiger partial charge >= 0.3 is 0 Å². The Morgan fingerprint density at radius 2 is 2.00 bits per heavy atom. The van der Waals surface area contributed by atoms with Crippen LogP contribution in [0.4, 0.5) is 0 Å². The van der Waals surface area contributed by atoms with Crippen molar-refractivity contribution >= 4 is 15.9 Å². The first-order chi connectivity index (χ1) is 7.61. The summed E-state index contributed by atoms with van der Waals surface area (Å²) in [6.45, 7) is 5.98. The van der Waals surface area contributed by atoms with Gasteiger partial charge < -0.3 is 0 Å². The summed E-state index contributed by atoms with van der Waals surface area (Å²) in [7, 11) is 0. The monoisotopic (exact) mass is 279 g/mol. The molecule has 0 fully saturated rings. The summed E-state index contributed by atoms with van der Waals surface area (Å²) in [5.41, 5.74) is 3.64. The zero-order valence-electron chi connectivity index (χ0n) is 9.66. The first-order valence-corrected chi connectivity index (χ1v) is 6.30. The molecule has 2 rings (SSSR count). The van der Waals surface area contributed by atoms with E-state index in [-0.39, 0.29) is 0 Å². The van der Waals surface area contributed by atoms with Crippen LogP contribution in [0.2, 0.25) is 0 Å². The van der Waals surface area contributed by atoms with Gasteiger partial charge in [-0.05, 0) is 44.0 Å². The lowest BCUT2D eigenvalue weighted by molar-refractivity contribution is 0.829. The summed E-state index contributed by atoms with van der Waals surface area (Å²) in [4.78, 5) is 4.30. The number of aromatic nitrogens is 3. The highest BCUT2D eigenvalue weighted by Crippen LogP contribution is 2.17. The molecule has 0 saturated heterocycles. The van der Waals surface area contributed by atoms with Gasteiger partial charge in [0.2, 0.25) is 0 Å². The summed E-state index contributed by atoms with van der Waals surface area (Å²) in [5, 5.41) is 5.25. The van der Waals surface area contributed by atoms with Gasteiger partial charge in [-0.2, -0.15) is 5.10 Å². The average Bonchev–Trinajstić information content (AvgIpc) is 2.58. The predicted octanol–water partition coefficient (Wildman–Crippen LogP) is 3.09. The summed E-state index contributed by atoms with van der Waals surface area (Å²) in [5.74, 6) is 1.73. The predicted molar refractivity (Wildman–Crippen MR) is 68.2 cm³/mol. The largest absolute Gasteiger partial charge is 0.218 e. The molecule has 0 amide bonds. The van der Waals surface area contributed by atoms with Crippen molar-refractivity contribution < 1.29 is 0 Å². The van der Waals surface area contributed by atoms with E-state index in [4.69, 9.17) is 0 Å². The molecule has 3 nitrogen and oxygen atoms in total. The van der Waals surface area contributed by atoms with Crippen molar-refractivity contribution in [2.24, 2.45) is 0 Å². The van der Waals surface area contributed by atoms with Crippen molar-refractivity contribution in [2.75, 3.05) is 0 Å². The van der Waals surface area contributed by atoms with Crippen LogP contribution in [-0.2, 0) is 5.33 Å². The van der Waals surface area contributed by atoms with Gasteiger partial charge in [0.15, 0.2) is 0 Å². The van der Waals surface area contributed by atoms with Crippen molar-refractivity contribution in [3.8, 4) is 5.69 Å². The molecule has 1 aromatic carbocycles. The van der Waals surface area contributed by atoms with Gasteiger partial charge in [0.25, 0.3) is 0 Å². The van der Waals surface area contributed by atoms with Crippen LogP contribution in [0.5, 0.6) is 0 Å². The Morgan fingerprint density at radius 1 is 1.25 bits per heavy atom. The number of benzene rings is 1. The Kier molecular flexibility index (Phi) is 3.10. The highest BCUT2D eigenvalue weighted by atomic mass is 79.9. The number of aryl methyl sites for hydroxylation is 3. The van der Waals surface area contributed by atoms with Crippen LogP contribution in [0.1, 0.15) is 22.8 Å². The van der Waals surface area contributed by atoms with E-state index < -0.39 is 0 Å². The number of rotatable bonds is 2. The standard InChI is InChI=1S/C12H14BrN3/c1-8-6-12(5-4-11(8)7-13)16-10(3)14-9(2)15-16/h4-6H,7H2,1-3H3. The fraction of sp³-hybridized carbons (Fsp3) is 0.333. The Bertz CT molecular complexity index is 517. The third-order valence-electron chi connectivity index (χ3n) is 2.59. The van der Waals surface area contributed by atoms with Crippen molar-refractivity contribution in [3.05, 3.63) is 41.0 Å². The first-order valence-electron chi connectivity index (χ1n) is 5.18. The molecular formula is C12H14BrN3. The topological polar surface area (TPSA) is 30.7 Å². The second-order valence-corrected chi connectivity index (χ2v) is 4.42. The summed E-state index contributed by atoms with van der Waals surface area (Å²) < 4.78 is 1.88. The number of nitrogens with zero attached hydrogens (tertiary/aromatic N) is 3. The van der Waals surface area contributed by atoms with E-state index in [9.17, 15) is 0 Å². The average molecular weight is 280 g/mol. The zero-order valence-corrected chi connectivity index (χ0v) is 11.2. The molecule has 84 valence electrons. The number of hydrogen-bond acceptors (Lipinski definition) is 2. The molecule has 0 radical (unpaired) electrons. The van der Waals surface area contributed by atoms with Gasteiger partial charge in [-0.1, -0.05) is 22.0 Å². The maximum atomic E-state index is 4.37. The third kappa shape index (κ3) is 2.02. The Hall–Kier alpha value is -1.16. The second-order valence-electron chi connectivity index (χ2n) is 3.86. The lowest BCUT2D eigenvalue weighted by Gasteiger charge is -2.07. The molecule has 16 heavy (non-hydrogen) atoms. The number of halogens is 1. The Morgan fingerprint density at radius 3 is 2.50 bits per heavy atom. The van der Waals surface area contributed by atoms with Crippen molar-refractivity contribution in [1.29, 1.82) is 0 Å². The van der Waals surface area contributed by atoms with E-state index >= 15 is 0 Å². The maximum absolute atomic E-state index is 4.37.